The lowest BCUT2D eigenvalue weighted by atomic mass is 9.98. The molecule has 4 heteroatoms. The molecule has 0 spiro atoms. The minimum Gasteiger partial charge on any atom is -0.389 e. The van der Waals surface area contributed by atoms with Gasteiger partial charge in [-0.3, -0.25) is 0 Å². The average Bonchev–Trinajstić information content (AvgIpc) is 3.08. The van der Waals surface area contributed by atoms with Gasteiger partial charge in [-0.2, -0.15) is 0 Å². The molecule has 2 unspecified atom stereocenters. The average molecular weight is 245 g/mol. The van der Waals surface area contributed by atoms with Gasteiger partial charge in [-0.05, 0) is 39.5 Å². The maximum absolute atomic E-state index is 9.80. The van der Waals surface area contributed by atoms with E-state index < -0.39 is 6.10 Å². The molecule has 4 nitrogen and oxygen atoms in total. The fourth-order valence-electron chi connectivity index (χ4n) is 1.95. The molecule has 0 aliphatic heterocycles. The van der Waals surface area contributed by atoms with Crippen molar-refractivity contribution in [3.63, 3.8) is 0 Å². The molecular weight excluding hydrogens is 218 g/mol. The summed E-state index contributed by atoms with van der Waals surface area (Å²) in [7, 11) is 1.65. The van der Waals surface area contributed by atoms with Crippen molar-refractivity contribution in [3.05, 3.63) is 0 Å². The molecule has 1 fully saturated rings. The normalized spacial score (nSPS) is 20.3. The van der Waals surface area contributed by atoms with E-state index in [4.69, 9.17) is 9.47 Å². The minimum atomic E-state index is -0.452. The Morgan fingerprint density at radius 2 is 2.00 bits per heavy atom. The molecule has 1 rings (SSSR count). The monoisotopic (exact) mass is 245 g/mol. The van der Waals surface area contributed by atoms with E-state index >= 15 is 0 Å². The van der Waals surface area contributed by atoms with Crippen LogP contribution in [0.25, 0.3) is 0 Å². The molecule has 17 heavy (non-hydrogen) atoms. The van der Waals surface area contributed by atoms with E-state index in [1.54, 1.807) is 7.11 Å². The predicted molar refractivity (Wildman–Crippen MR) is 68.1 cm³/mol. The highest BCUT2D eigenvalue weighted by Crippen LogP contribution is 2.39. The summed E-state index contributed by atoms with van der Waals surface area (Å²) in [6, 6.07) is 0. The Hall–Kier alpha value is -0.160. The number of hydrogen-bond donors (Lipinski definition) is 2. The van der Waals surface area contributed by atoms with Crippen LogP contribution in [-0.2, 0) is 9.47 Å². The van der Waals surface area contributed by atoms with Gasteiger partial charge in [0.15, 0.2) is 0 Å². The fourth-order valence-corrected chi connectivity index (χ4v) is 1.95. The molecule has 0 amide bonds. The highest BCUT2D eigenvalue weighted by molar-refractivity contribution is 4.94. The molecular formula is C13H27NO3. The standard InChI is InChI=1S/C13H27NO3/c1-10(8-16-4)17-9-12(15)7-14-13(2,3)11-5-6-11/h10-12,14-15H,5-9H2,1-4H3. The predicted octanol–water partition coefficient (Wildman–Crippen LogP) is 1.18. The summed E-state index contributed by atoms with van der Waals surface area (Å²) in [6.45, 7) is 7.85. The van der Waals surface area contributed by atoms with Crippen molar-refractivity contribution < 1.29 is 14.6 Å². The molecule has 1 saturated carbocycles. The second kappa shape index (κ2) is 6.69. The van der Waals surface area contributed by atoms with Crippen molar-refractivity contribution in [3.8, 4) is 0 Å². The Morgan fingerprint density at radius 3 is 2.53 bits per heavy atom. The first-order valence-corrected chi connectivity index (χ1v) is 6.49. The quantitative estimate of drug-likeness (QED) is 0.640. The number of hydrogen-bond acceptors (Lipinski definition) is 4. The van der Waals surface area contributed by atoms with Gasteiger partial charge in [0.25, 0.3) is 0 Å². The first-order valence-electron chi connectivity index (χ1n) is 6.49. The van der Waals surface area contributed by atoms with Gasteiger partial charge in [-0.25, -0.2) is 0 Å². The zero-order valence-electron chi connectivity index (χ0n) is 11.5. The highest BCUT2D eigenvalue weighted by Gasteiger charge is 2.37. The smallest absolute Gasteiger partial charge is 0.0898 e. The highest BCUT2D eigenvalue weighted by atomic mass is 16.5. The molecule has 2 atom stereocenters. The number of β-amino-alcohol motifs (C(OH)–C–C–N with tert-alkyl or cyclic N) is 1. The van der Waals surface area contributed by atoms with E-state index in [0.29, 0.717) is 19.8 Å². The van der Waals surface area contributed by atoms with Crippen molar-refractivity contribution in [2.24, 2.45) is 5.92 Å². The van der Waals surface area contributed by atoms with Gasteiger partial charge in [-0.15, -0.1) is 0 Å². The summed E-state index contributed by atoms with van der Waals surface area (Å²) >= 11 is 0. The third-order valence-electron chi connectivity index (χ3n) is 3.37. The van der Waals surface area contributed by atoms with Crippen LogP contribution in [0.5, 0.6) is 0 Å². The van der Waals surface area contributed by atoms with Gasteiger partial charge in [0.1, 0.15) is 0 Å². The van der Waals surface area contributed by atoms with Crippen molar-refractivity contribution in [2.45, 2.75) is 51.4 Å². The van der Waals surface area contributed by atoms with Crippen LogP contribution in [0.1, 0.15) is 33.6 Å². The summed E-state index contributed by atoms with van der Waals surface area (Å²) in [5.41, 5.74) is 0.138. The Balaban J connectivity index is 2.10. The van der Waals surface area contributed by atoms with Gasteiger partial charge < -0.3 is 19.9 Å². The number of ether oxygens (including phenoxy) is 2. The molecule has 0 aromatic rings. The second-order valence-corrected chi connectivity index (χ2v) is 5.63. The van der Waals surface area contributed by atoms with Crippen LogP contribution in [0.15, 0.2) is 0 Å². The largest absolute Gasteiger partial charge is 0.389 e. The number of aliphatic hydroxyl groups is 1. The number of aliphatic hydroxyl groups excluding tert-OH is 1. The summed E-state index contributed by atoms with van der Waals surface area (Å²) in [6.07, 6.45) is 2.19. The van der Waals surface area contributed by atoms with Crippen molar-refractivity contribution >= 4 is 0 Å². The lowest BCUT2D eigenvalue weighted by Gasteiger charge is -2.28. The lowest BCUT2D eigenvalue weighted by Crippen LogP contribution is -2.46. The molecule has 0 saturated heterocycles. The van der Waals surface area contributed by atoms with Crippen molar-refractivity contribution in [2.75, 3.05) is 26.9 Å². The molecule has 1 aliphatic rings. The Labute approximate surface area is 105 Å². The van der Waals surface area contributed by atoms with Crippen LogP contribution in [-0.4, -0.2) is 49.7 Å². The number of methoxy groups -OCH3 is 1. The first kappa shape index (κ1) is 14.9. The zero-order valence-corrected chi connectivity index (χ0v) is 11.5. The van der Waals surface area contributed by atoms with Gasteiger partial charge in [-0.1, -0.05) is 0 Å². The molecule has 0 aromatic carbocycles. The maximum Gasteiger partial charge on any atom is 0.0898 e. The van der Waals surface area contributed by atoms with Gasteiger partial charge >= 0.3 is 0 Å². The van der Waals surface area contributed by atoms with Gasteiger partial charge in [0.05, 0.1) is 25.4 Å². The van der Waals surface area contributed by atoms with Crippen molar-refractivity contribution in [1.82, 2.24) is 5.32 Å². The van der Waals surface area contributed by atoms with Crippen LogP contribution >= 0.6 is 0 Å². The molecule has 2 N–H and O–H groups in total. The maximum atomic E-state index is 9.80. The summed E-state index contributed by atoms with van der Waals surface area (Å²) in [5, 5.41) is 13.2. The van der Waals surface area contributed by atoms with E-state index in [9.17, 15) is 5.11 Å². The minimum absolute atomic E-state index is 0.0334. The Kier molecular flexibility index (Phi) is 5.86. The SMILES string of the molecule is COCC(C)OCC(O)CNC(C)(C)C1CC1. The Bertz CT molecular complexity index is 217. The molecule has 1 aliphatic carbocycles. The van der Waals surface area contributed by atoms with Crippen LogP contribution in [0.4, 0.5) is 0 Å². The second-order valence-electron chi connectivity index (χ2n) is 5.63. The van der Waals surface area contributed by atoms with E-state index in [0.717, 1.165) is 5.92 Å². The van der Waals surface area contributed by atoms with E-state index in [-0.39, 0.29) is 11.6 Å². The summed E-state index contributed by atoms with van der Waals surface area (Å²) < 4.78 is 10.4. The molecule has 0 radical (unpaired) electrons. The number of nitrogens with one attached hydrogen (secondary N) is 1. The van der Waals surface area contributed by atoms with Gasteiger partial charge in [0.2, 0.25) is 0 Å². The van der Waals surface area contributed by atoms with Crippen LogP contribution in [0.2, 0.25) is 0 Å². The van der Waals surface area contributed by atoms with Crippen LogP contribution in [0, 0.1) is 5.92 Å². The molecule has 0 aromatic heterocycles. The van der Waals surface area contributed by atoms with E-state index in [2.05, 4.69) is 19.2 Å². The summed E-state index contributed by atoms with van der Waals surface area (Å²) in [5.74, 6) is 0.767. The number of rotatable bonds is 9. The third kappa shape index (κ3) is 5.82. The van der Waals surface area contributed by atoms with Crippen LogP contribution in [0.3, 0.4) is 0 Å². The first-order chi connectivity index (χ1) is 7.95. The topological polar surface area (TPSA) is 50.7 Å². The van der Waals surface area contributed by atoms with Crippen LogP contribution < -0.4 is 5.32 Å². The fraction of sp³-hybridized carbons (Fsp3) is 1.00. The van der Waals surface area contributed by atoms with Crippen molar-refractivity contribution in [1.29, 1.82) is 0 Å². The Morgan fingerprint density at radius 1 is 1.35 bits per heavy atom. The zero-order chi connectivity index (χ0) is 12.9. The van der Waals surface area contributed by atoms with E-state index in [1.807, 2.05) is 6.92 Å². The summed E-state index contributed by atoms with van der Waals surface area (Å²) in [4.78, 5) is 0. The van der Waals surface area contributed by atoms with E-state index in [1.165, 1.54) is 12.8 Å². The molecule has 0 heterocycles. The molecule has 102 valence electrons. The van der Waals surface area contributed by atoms with Gasteiger partial charge in [0, 0.05) is 19.2 Å². The third-order valence-corrected chi connectivity index (χ3v) is 3.37. The lowest BCUT2D eigenvalue weighted by molar-refractivity contribution is -0.0325. The molecule has 0 bridgehead atoms.